The maximum atomic E-state index is 13.7. The van der Waals surface area contributed by atoms with E-state index < -0.39 is 22.5 Å². The van der Waals surface area contributed by atoms with Gasteiger partial charge in [0.2, 0.25) is 5.43 Å². The van der Waals surface area contributed by atoms with Crippen LogP contribution in [0, 0.1) is 0 Å². The number of carbonyl (C=O) groups excluding carboxylic acids is 1. The van der Waals surface area contributed by atoms with Crippen LogP contribution in [0.2, 0.25) is 0 Å². The summed E-state index contributed by atoms with van der Waals surface area (Å²) in [5.41, 5.74) is -1.44. The predicted octanol–water partition coefficient (Wildman–Crippen LogP) is 3.80. The zero-order valence-corrected chi connectivity index (χ0v) is 21.5. The summed E-state index contributed by atoms with van der Waals surface area (Å²) in [5, 5.41) is 10.9. The van der Waals surface area contributed by atoms with Gasteiger partial charge in [-0.2, -0.15) is 0 Å². The van der Waals surface area contributed by atoms with Crippen molar-refractivity contribution >= 4 is 34.3 Å². The highest BCUT2D eigenvalue weighted by Crippen LogP contribution is 2.30. The van der Waals surface area contributed by atoms with Gasteiger partial charge in [0, 0.05) is 31.4 Å². The van der Waals surface area contributed by atoms with Gasteiger partial charge in [-0.05, 0) is 30.7 Å². The normalized spacial score (nSPS) is 14.9. The fourth-order valence-corrected chi connectivity index (χ4v) is 5.42. The fraction of sp³-hybridized carbons (Fsp3) is 0.440. The highest BCUT2D eigenvalue weighted by atomic mass is 32.1. The Labute approximate surface area is 212 Å². The third kappa shape index (κ3) is 5.15. The van der Waals surface area contributed by atoms with Crippen molar-refractivity contribution in [2.45, 2.75) is 57.5 Å². The van der Waals surface area contributed by atoms with Crippen LogP contribution >= 0.6 is 11.3 Å². The van der Waals surface area contributed by atoms with Crippen LogP contribution in [0.3, 0.4) is 0 Å². The van der Waals surface area contributed by atoms with Crippen molar-refractivity contribution in [1.29, 1.82) is 0 Å². The monoisotopic (exact) mass is 512 g/mol. The first-order chi connectivity index (χ1) is 17.3. The molecule has 36 heavy (non-hydrogen) atoms. The Morgan fingerprint density at radius 3 is 2.56 bits per heavy atom. The summed E-state index contributed by atoms with van der Waals surface area (Å²) in [6, 6.07) is 3.59. The van der Waals surface area contributed by atoms with Gasteiger partial charge in [0.1, 0.15) is 22.6 Å². The van der Waals surface area contributed by atoms with Gasteiger partial charge in [-0.1, -0.05) is 32.3 Å². The van der Waals surface area contributed by atoms with Gasteiger partial charge in [-0.15, -0.1) is 11.3 Å². The molecule has 1 saturated carbocycles. The predicted molar refractivity (Wildman–Crippen MR) is 143 cm³/mol. The van der Waals surface area contributed by atoms with E-state index in [1.807, 2.05) is 24.4 Å². The van der Waals surface area contributed by atoms with Crippen LogP contribution < -0.4 is 27.2 Å². The first-order valence-electron chi connectivity index (χ1n) is 12.2. The number of anilines is 3. The van der Waals surface area contributed by atoms with Crippen molar-refractivity contribution in [2.75, 3.05) is 24.7 Å². The van der Waals surface area contributed by atoms with Crippen molar-refractivity contribution in [2.24, 2.45) is 0 Å². The van der Waals surface area contributed by atoms with Crippen molar-refractivity contribution in [3.05, 3.63) is 71.3 Å². The summed E-state index contributed by atoms with van der Waals surface area (Å²) in [6.07, 6.45) is 8.04. The summed E-state index contributed by atoms with van der Waals surface area (Å²) in [4.78, 5) is 57.9. The molecule has 11 heteroatoms. The minimum atomic E-state index is -0.562. The molecule has 1 fully saturated rings. The smallest absolute Gasteiger partial charge is 0.291 e. The number of nitrogens with one attached hydrogen (secondary N) is 4. The maximum Gasteiger partial charge on any atom is 0.291 e. The molecule has 4 N–H and O–H groups in total. The third-order valence-corrected chi connectivity index (χ3v) is 7.51. The molecule has 10 nitrogen and oxygen atoms in total. The van der Waals surface area contributed by atoms with Gasteiger partial charge in [0.25, 0.3) is 17.0 Å². The average Bonchev–Trinajstić information content (AvgIpc) is 3.41. The Kier molecular flexibility index (Phi) is 7.78. The summed E-state index contributed by atoms with van der Waals surface area (Å²) in [7, 11) is 3.11. The van der Waals surface area contributed by atoms with Crippen molar-refractivity contribution < 1.29 is 4.79 Å². The maximum absolute atomic E-state index is 13.7. The molecule has 0 aliphatic heterocycles. The summed E-state index contributed by atoms with van der Waals surface area (Å²) < 4.78 is 1.39. The highest BCUT2D eigenvalue weighted by Gasteiger charge is 2.25. The number of H-pyrrole nitrogens is 2. The molecule has 192 valence electrons. The lowest BCUT2D eigenvalue weighted by molar-refractivity contribution is 0.0826. The van der Waals surface area contributed by atoms with Crippen molar-refractivity contribution in [3.63, 3.8) is 0 Å². The molecule has 0 aromatic carbocycles. The van der Waals surface area contributed by atoms with Crippen molar-refractivity contribution in [3.8, 4) is 0 Å². The minimum Gasteiger partial charge on any atom is -0.371 e. The molecule has 1 amide bonds. The molecule has 0 bridgehead atoms. The van der Waals surface area contributed by atoms with Gasteiger partial charge < -0.3 is 20.5 Å². The summed E-state index contributed by atoms with van der Waals surface area (Å²) in [5.74, 6) is -0.465. The SMILES string of the molecule is CC[C@@H](Nc1c(Nc2c[nH]cc(C(=O)N(C)C)c2=O)c(=O)n(C2CCCCC2)[nH]c1=O)c1cccs1. The Hall–Kier alpha value is -3.60. The molecule has 0 spiro atoms. The molecule has 0 saturated heterocycles. The van der Waals surface area contributed by atoms with Crippen molar-refractivity contribution in [1.82, 2.24) is 19.7 Å². The second-order valence-electron chi connectivity index (χ2n) is 9.21. The van der Waals surface area contributed by atoms with E-state index in [1.165, 1.54) is 22.0 Å². The number of hydrogen-bond donors (Lipinski definition) is 4. The third-order valence-electron chi connectivity index (χ3n) is 6.53. The van der Waals surface area contributed by atoms with E-state index in [-0.39, 0.29) is 34.7 Å². The Morgan fingerprint density at radius 2 is 1.92 bits per heavy atom. The number of carbonyl (C=O) groups is 1. The molecule has 3 heterocycles. The number of pyridine rings is 1. The largest absolute Gasteiger partial charge is 0.371 e. The average molecular weight is 513 g/mol. The molecule has 3 aromatic rings. The van der Waals surface area contributed by atoms with E-state index in [2.05, 4.69) is 20.7 Å². The highest BCUT2D eigenvalue weighted by molar-refractivity contribution is 7.10. The minimum absolute atomic E-state index is 0.00724. The van der Waals surface area contributed by atoms with Gasteiger partial charge >= 0.3 is 0 Å². The second-order valence-corrected chi connectivity index (χ2v) is 10.2. The van der Waals surface area contributed by atoms with Crippen LogP contribution in [0.25, 0.3) is 0 Å². The zero-order chi connectivity index (χ0) is 25.8. The number of thiophene rings is 1. The molecule has 1 aliphatic rings. The van der Waals surface area contributed by atoms with Crippen LogP contribution in [-0.2, 0) is 0 Å². The molecule has 4 rings (SSSR count). The zero-order valence-electron chi connectivity index (χ0n) is 20.7. The molecule has 1 aliphatic carbocycles. The van der Waals surface area contributed by atoms with E-state index in [0.29, 0.717) is 6.42 Å². The quantitative estimate of drug-likeness (QED) is 0.363. The summed E-state index contributed by atoms with van der Waals surface area (Å²) in [6.45, 7) is 1.99. The molecule has 0 radical (unpaired) electrons. The Morgan fingerprint density at radius 1 is 1.17 bits per heavy atom. The topological polar surface area (TPSA) is 132 Å². The summed E-state index contributed by atoms with van der Waals surface area (Å²) >= 11 is 1.56. The van der Waals surface area contributed by atoms with E-state index in [9.17, 15) is 19.2 Å². The molecule has 3 aromatic heterocycles. The van der Waals surface area contributed by atoms with Gasteiger partial charge in [-0.3, -0.25) is 24.3 Å². The van der Waals surface area contributed by atoms with E-state index in [0.717, 1.165) is 37.0 Å². The fourth-order valence-electron chi connectivity index (χ4n) is 4.56. The first kappa shape index (κ1) is 25.5. The van der Waals surface area contributed by atoms with Crippen LogP contribution in [0.1, 0.15) is 72.8 Å². The molecular formula is C25H32N6O4S. The number of aromatic nitrogens is 3. The van der Waals surface area contributed by atoms with Gasteiger partial charge in [0.15, 0.2) is 0 Å². The van der Waals surface area contributed by atoms with Crippen LogP contribution in [-0.4, -0.2) is 39.7 Å². The van der Waals surface area contributed by atoms with Crippen LogP contribution in [0.15, 0.2) is 44.3 Å². The standard InChI is InChI=1S/C25H32N6O4S/c1-4-17(19-11-8-12-36-19)27-20-21(25(35)31(29-23(20)33)15-9-6-5-7-10-15)28-18-14-26-13-16(22(18)32)24(34)30(2)3/h8,11-15,17,27-28H,4-7,9-10H2,1-3H3,(H,26,32)(H,29,33)/t17-/m1/s1. The Balaban J connectivity index is 1.83. The lowest BCUT2D eigenvalue weighted by atomic mass is 9.95. The lowest BCUT2D eigenvalue weighted by Gasteiger charge is -2.25. The number of rotatable bonds is 8. The molecule has 1 atom stereocenters. The lowest BCUT2D eigenvalue weighted by Crippen LogP contribution is -2.37. The first-order valence-corrected chi connectivity index (χ1v) is 13.1. The van der Waals surface area contributed by atoms with E-state index in [1.54, 1.807) is 25.4 Å². The Bertz CT molecular complexity index is 1380. The number of hydrogen-bond acceptors (Lipinski definition) is 7. The number of nitrogens with zero attached hydrogens (tertiary/aromatic N) is 2. The van der Waals surface area contributed by atoms with Gasteiger partial charge in [0.05, 0.1) is 12.1 Å². The number of amides is 1. The molecular weight excluding hydrogens is 480 g/mol. The van der Waals surface area contributed by atoms with Crippen LogP contribution in [0.5, 0.6) is 0 Å². The van der Waals surface area contributed by atoms with Gasteiger partial charge in [-0.25, -0.2) is 4.68 Å². The second kappa shape index (κ2) is 11.0. The molecule has 0 unspecified atom stereocenters. The van der Waals surface area contributed by atoms with Crippen LogP contribution in [0.4, 0.5) is 17.1 Å². The van der Waals surface area contributed by atoms with E-state index in [4.69, 9.17) is 0 Å². The number of aromatic amines is 2. The van der Waals surface area contributed by atoms with E-state index >= 15 is 0 Å².